The van der Waals surface area contributed by atoms with E-state index in [9.17, 15) is 18.0 Å². The van der Waals surface area contributed by atoms with Crippen LogP contribution >= 0.6 is 23.2 Å². The Morgan fingerprint density at radius 2 is 1.76 bits per heavy atom. The van der Waals surface area contributed by atoms with Crippen LogP contribution in [0.25, 0.3) is 5.69 Å². The zero-order valence-corrected chi connectivity index (χ0v) is 11.9. The number of halogens is 5. The molecule has 8 heteroatoms. The maximum atomic E-state index is 12.7. The number of aryl methyl sites for hydroxylation is 1. The standard InChI is InChI=1S/C13H7Cl2F3N2O/c14-8-3-6(13(16,17)18)4-9(15)12(8)20-5-7-10(19-20)1-2-11(7)21/h3-5H,1-2H2. The molecule has 110 valence electrons. The number of alkyl halides is 3. The second-order valence-electron chi connectivity index (χ2n) is 4.64. The first-order valence-electron chi connectivity index (χ1n) is 5.95. The van der Waals surface area contributed by atoms with Gasteiger partial charge in [0, 0.05) is 12.6 Å². The molecule has 3 nitrogen and oxygen atoms in total. The highest BCUT2D eigenvalue weighted by atomic mass is 35.5. The molecule has 0 unspecified atom stereocenters. The molecule has 0 aliphatic heterocycles. The summed E-state index contributed by atoms with van der Waals surface area (Å²) in [7, 11) is 0. The minimum atomic E-state index is -4.53. The highest BCUT2D eigenvalue weighted by Gasteiger charge is 2.32. The Labute approximate surface area is 127 Å². The molecular formula is C13H7Cl2F3N2O. The highest BCUT2D eigenvalue weighted by Crippen LogP contribution is 2.37. The summed E-state index contributed by atoms with van der Waals surface area (Å²) in [6.07, 6.45) is -2.18. The Bertz CT molecular complexity index is 729. The quantitative estimate of drug-likeness (QED) is 0.778. The molecule has 1 heterocycles. The summed E-state index contributed by atoms with van der Waals surface area (Å²) in [6, 6.07) is 1.58. The van der Waals surface area contributed by atoms with E-state index < -0.39 is 11.7 Å². The van der Waals surface area contributed by atoms with E-state index in [4.69, 9.17) is 23.2 Å². The van der Waals surface area contributed by atoms with Crippen LogP contribution in [0.5, 0.6) is 0 Å². The number of carbonyl (C=O) groups excluding carboxylic acids is 1. The molecule has 1 aromatic carbocycles. The number of benzene rings is 1. The molecule has 0 bridgehead atoms. The monoisotopic (exact) mass is 334 g/mol. The number of aromatic nitrogens is 2. The minimum Gasteiger partial charge on any atom is -0.294 e. The van der Waals surface area contributed by atoms with Crippen LogP contribution in [0.4, 0.5) is 13.2 Å². The molecule has 1 aliphatic rings. The van der Waals surface area contributed by atoms with E-state index in [2.05, 4.69) is 5.10 Å². The van der Waals surface area contributed by atoms with E-state index in [1.165, 1.54) is 10.9 Å². The van der Waals surface area contributed by atoms with E-state index in [1.54, 1.807) is 0 Å². The van der Waals surface area contributed by atoms with Gasteiger partial charge >= 0.3 is 6.18 Å². The Morgan fingerprint density at radius 3 is 2.29 bits per heavy atom. The third-order valence-corrected chi connectivity index (χ3v) is 3.83. The summed E-state index contributed by atoms with van der Waals surface area (Å²) in [5.41, 5.74) is 0.264. The molecule has 0 amide bonds. The molecule has 0 radical (unpaired) electrons. The Balaban J connectivity index is 2.12. The maximum Gasteiger partial charge on any atom is 0.416 e. The fourth-order valence-corrected chi connectivity index (χ4v) is 2.92. The van der Waals surface area contributed by atoms with Crippen molar-refractivity contribution < 1.29 is 18.0 Å². The van der Waals surface area contributed by atoms with Crippen molar-refractivity contribution in [3.63, 3.8) is 0 Å². The van der Waals surface area contributed by atoms with Gasteiger partial charge in [0.05, 0.1) is 26.9 Å². The molecule has 2 aromatic rings. The number of ketones is 1. The molecule has 0 N–H and O–H groups in total. The van der Waals surface area contributed by atoms with E-state index in [-0.39, 0.29) is 21.5 Å². The van der Waals surface area contributed by atoms with Gasteiger partial charge in [0.1, 0.15) is 5.69 Å². The number of Topliss-reactive ketones (excluding diaryl/α,β-unsaturated/α-hetero) is 1. The predicted molar refractivity (Wildman–Crippen MR) is 71.2 cm³/mol. The number of nitrogens with zero attached hydrogens (tertiary/aromatic N) is 2. The molecule has 0 fully saturated rings. The third kappa shape index (κ3) is 2.42. The molecule has 0 atom stereocenters. The van der Waals surface area contributed by atoms with Gasteiger partial charge in [-0.3, -0.25) is 4.79 Å². The van der Waals surface area contributed by atoms with Crippen molar-refractivity contribution in [3.8, 4) is 5.69 Å². The number of hydrogen-bond acceptors (Lipinski definition) is 2. The summed E-state index contributed by atoms with van der Waals surface area (Å²) < 4.78 is 39.3. The Kier molecular flexibility index (Phi) is 3.26. The first kappa shape index (κ1) is 14.4. The second-order valence-corrected chi connectivity index (χ2v) is 5.46. The summed E-state index contributed by atoms with van der Waals surface area (Å²) in [4.78, 5) is 11.6. The van der Waals surface area contributed by atoms with Gasteiger partial charge in [-0.1, -0.05) is 23.2 Å². The summed E-state index contributed by atoms with van der Waals surface area (Å²) in [6.45, 7) is 0. The van der Waals surface area contributed by atoms with E-state index >= 15 is 0 Å². The number of fused-ring (bicyclic) bond motifs is 1. The summed E-state index contributed by atoms with van der Waals surface area (Å²) in [5, 5.41) is 3.82. The zero-order chi connectivity index (χ0) is 15.4. The van der Waals surface area contributed by atoms with E-state index in [1.807, 2.05) is 0 Å². The number of rotatable bonds is 1. The molecule has 0 saturated heterocycles. The third-order valence-electron chi connectivity index (χ3n) is 3.25. The van der Waals surface area contributed by atoms with Crippen LogP contribution in [0, 0.1) is 0 Å². The van der Waals surface area contributed by atoms with Crippen LogP contribution in [0.2, 0.25) is 10.0 Å². The van der Waals surface area contributed by atoms with Gasteiger partial charge in [-0.25, -0.2) is 4.68 Å². The molecule has 0 saturated carbocycles. The van der Waals surface area contributed by atoms with Crippen molar-refractivity contribution in [1.29, 1.82) is 0 Å². The molecule has 3 rings (SSSR count). The topological polar surface area (TPSA) is 34.9 Å². The first-order chi connectivity index (χ1) is 9.77. The van der Waals surface area contributed by atoms with Gasteiger partial charge in [-0.05, 0) is 18.6 Å². The lowest BCUT2D eigenvalue weighted by Gasteiger charge is -2.12. The van der Waals surface area contributed by atoms with Crippen LogP contribution in [0.15, 0.2) is 18.3 Å². The van der Waals surface area contributed by atoms with Crippen molar-refractivity contribution in [2.75, 3.05) is 0 Å². The van der Waals surface area contributed by atoms with Gasteiger partial charge in [0.2, 0.25) is 0 Å². The largest absolute Gasteiger partial charge is 0.416 e. The predicted octanol–water partition coefficient (Wildman–Crippen LogP) is 4.33. The maximum absolute atomic E-state index is 12.7. The van der Waals surface area contributed by atoms with Gasteiger partial charge < -0.3 is 0 Å². The summed E-state index contributed by atoms with van der Waals surface area (Å²) >= 11 is 11.8. The van der Waals surface area contributed by atoms with Crippen LogP contribution < -0.4 is 0 Å². The van der Waals surface area contributed by atoms with Crippen LogP contribution in [-0.4, -0.2) is 15.6 Å². The smallest absolute Gasteiger partial charge is 0.294 e. The van der Waals surface area contributed by atoms with Crippen molar-refractivity contribution in [3.05, 3.63) is 45.2 Å². The average molecular weight is 335 g/mol. The lowest BCUT2D eigenvalue weighted by Crippen LogP contribution is -2.07. The van der Waals surface area contributed by atoms with Crippen molar-refractivity contribution >= 4 is 29.0 Å². The highest BCUT2D eigenvalue weighted by molar-refractivity contribution is 6.37. The lowest BCUT2D eigenvalue weighted by molar-refractivity contribution is -0.137. The fraction of sp³-hybridized carbons (Fsp3) is 0.231. The average Bonchev–Trinajstić information content (AvgIpc) is 2.90. The second kappa shape index (κ2) is 4.74. The first-order valence-corrected chi connectivity index (χ1v) is 6.71. The van der Waals surface area contributed by atoms with Crippen LogP contribution in [-0.2, 0) is 12.6 Å². The van der Waals surface area contributed by atoms with Gasteiger partial charge in [0.25, 0.3) is 0 Å². The van der Waals surface area contributed by atoms with Gasteiger partial charge in [-0.15, -0.1) is 0 Å². The van der Waals surface area contributed by atoms with Crippen LogP contribution in [0.3, 0.4) is 0 Å². The molecule has 1 aromatic heterocycles. The Morgan fingerprint density at radius 1 is 1.14 bits per heavy atom. The molecule has 0 spiro atoms. The van der Waals surface area contributed by atoms with Crippen molar-refractivity contribution in [2.45, 2.75) is 19.0 Å². The normalized spacial score (nSPS) is 14.6. The molecule has 1 aliphatic carbocycles. The molecular weight excluding hydrogens is 328 g/mol. The fourth-order valence-electron chi connectivity index (χ4n) is 2.26. The number of hydrogen-bond donors (Lipinski definition) is 0. The van der Waals surface area contributed by atoms with E-state index in [0.717, 1.165) is 12.1 Å². The lowest BCUT2D eigenvalue weighted by atomic mass is 10.2. The van der Waals surface area contributed by atoms with Crippen molar-refractivity contribution in [1.82, 2.24) is 9.78 Å². The summed E-state index contributed by atoms with van der Waals surface area (Å²) in [5.74, 6) is -0.0459. The van der Waals surface area contributed by atoms with Gasteiger partial charge in [0.15, 0.2) is 5.78 Å². The zero-order valence-electron chi connectivity index (χ0n) is 10.3. The number of carbonyl (C=O) groups is 1. The Hall–Kier alpha value is -1.53. The van der Waals surface area contributed by atoms with Crippen LogP contribution in [0.1, 0.15) is 28.0 Å². The minimum absolute atomic E-state index is 0.0459. The van der Waals surface area contributed by atoms with E-state index in [0.29, 0.717) is 24.1 Å². The molecule has 21 heavy (non-hydrogen) atoms. The van der Waals surface area contributed by atoms with Crippen molar-refractivity contribution in [2.24, 2.45) is 0 Å². The van der Waals surface area contributed by atoms with Gasteiger partial charge in [-0.2, -0.15) is 18.3 Å². The SMILES string of the molecule is O=C1CCc2nn(-c3c(Cl)cc(C(F)(F)F)cc3Cl)cc21.